The van der Waals surface area contributed by atoms with Crippen LogP contribution in [0.4, 0.5) is 17.1 Å². The molecule has 11 aromatic carbocycles. The van der Waals surface area contributed by atoms with Gasteiger partial charge in [-0.05, 0) is 115 Å². The number of hydrogen-bond donors (Lipinski definition) is 0. The van der Waals surface area contributed by atoms with Crippen LogP contribution in [0.2, 0.25) is 0 Å². The highest BCUT2D eigenvalue weighted by molar-refractivity contribution is 6.09. The van der Waals surface area contributed by atoms with Crippen molar-refractivity contribution in [3.63, 3.8) is 0 Å². The minimum atomic E-state index is 0.890. The first kappa shape index (κ1) is 38.9. The lowest BCUT2D eigenvalue weighted by Gasteiger charge is -2.29. The lowest BCUT2D eigenvalue weighted by atomic mass is 9.91. The highest BCUT2D eigenvalue weighted by Gasteiger charge is 2.21. The number of para-hydroxylation sites is 2. The Morgan fingerprint density at radius 3 is 1.56 bits per heavy atom. The third-order valence-corrected chi connectivity index (χ3v) is 12.9. The van der Waals surface area contributed by atoms with Crippen LogP contribution in [-0.2, 0) is 0 Å². The molecule has 0 N–H and O–H groups in total. The molecule has 0 saturated carbocycles. The molecule has 1 aromatic heterocycles. The second-order valence-electron chi connectivity index (χ2n) is 16.9. The first-order chi connectivity index (χ1) is 32.7. The molecule has 0 unspecified atom stereocenters. The molecule has 0 bridgehead atoms. The van der Waals surface area contributed by atoms with Crippen molar-refractivity contribution in [3.05, 3.63) is 261 Å². The van der Waals surface area contributed by atoms with E-state index in [1.165, 1.54) is 38.6 Å². The highest BCUT2D eigenvalue weighted by Crippen LogP contribution is 2.46. The number of furan rings is 1. The van der Waals surface area contributed by atoms with Gasteiger partial charge in [-0.25, -0.2) is 0 Å². The molecule has 12 rings (SSSR count). The molecule has 2 nitrogen and oxygen atoms in total. The molecule has 2 heteroatoms. The molecule has 0 spiro atoms. The molecule has 310 valence electrons. The van der Waals surface area contributed by atoms with Gasteiger partial charge < -0.3 is 9.32 Å². The van der Waals surface area contributed by atoms with Gasteiger partial charge in [0, 0.05) is 33.3 Å². The van der Waals surface area contributed by atoms with Crippen molar-refractivity contribution in [2.45, 2.75) is 0 Å². The van der Waals surface area contributed by atoms with E-state index in [1.807, 2.05) is 6.07 Å². The predicted octanol–water partition coefficient (Wildman–Crippen LogP) is 18.2. The van der Waals surface area contributed by atoms with Crippen LogP contribution in [-0.4, -0.2) is 0 Å². The van der Waals surface area contributed by atoms with E-state index in [0.717, 1.165) is 77.9 Å². The standard InChI is InChI=1S/C64H43NO/c1-4-17-46(18-5-1)56-38-34-51(42-61(56)48-21-8-3-9-22-48)45-32-36-54(37-33-45)65(55-25-14-24-53(41-55)58-27-15-28-60-59-26-12-13-29-63(59)66-64(58)60)62-43-52(35-39-57(62)47-19-6-2-7-20-47)50-31-30-44-16-10-11-23-49(44)40-50/h1-43H. The molecule has 12 aromatic rings. The third kappa shape index (κ3) is 7.21. The van der Waals surface area contributed by atoms with E-state index in [4.69, 9.17) is 4.42 Å². The number of anilines is 3. The van der Waals surface area contributed by atoms with Crippen molar-refractivity contribution in [2.24, 2.45) is 0 Å². The van der Waals surface area contributed by atoms with Crippen molar-refractivity contribution in [1.82, 2.24) is 0 Å². The summed E-state index contributed by atoms with van der Waals surface area (Å²) < 4.78 is 6.59. The molecule has 0 fully saturated rings. The first-order valence-electron chi connectivity index (χ1n) is 22.6. The lowest BCUT2D eigenvalue weighted by Crippen LogP contribution is -2.11. The van der Waals surface area contributed by atoms with Crippen LogP contribution in [0.1, 0.15) is 0 Å². The quantitative estimate of drug-likeness (QED) is 0.144. The van der Waals surface area contributed by atoms with Crippen LogP contribution in [0.3, 0.4) is 0 Å². The summed E-state index contributed by atoms with van der Waals surface area (Å²) in [5.74, 6) is 0. The third-order valence-electron chi connectivity index (χ3n) is 12.9. The maximum absolute atomic E-state index is 6.59. The number of benzene rings is 11. The topological polar surface area (TPSA) is 16.4 Å². The van der Waals surface area contributed by atoms with Crippen molar-refractivity contribution in [1.29, 1.82) is 0 Å². The summed E-state index contributed by atoms with van der Waals surface area (Å²) in [6, 6.07) is 94.0. The van der Waals surface area contributed by atoms with Gasteiger partial charge in [-0.1, -0.05) is 212 Å². The fraction of sp³-hybridized carbons (Fsp3) is 0. The fourth-order valence-electron chi connectivity index (χ4n) is 9.59. The van der Waals surface area contributed by atoms with E-state index in [0.29, 0.717) is 0 Å². The SMILES string of the molecule is c1ccc(-c2ccc(-c3ccc(N(c4cccc(-c5cccc6c5oc5ccccc56)c4)c4cc(-c5ccc6ccccc6c5)ccc4-c4ccccc4)cc3)cc2-c2ccccc2)cc1. The number of fused-ring (bicyclic) bond motifs is 4. The Bertz CT molecular complexity index is 3680. The molecular formula is C64H43NO. The van der Waals surface area contributed by atoms with E-state index >= 15 is 0 Å². The monoisotopic (exact) mass is 841 g/mol. The predicted molar refractivity (Wildman–Crippen MR) is 279 cm³/mol. The second-order valence-corrected chi connectivity index (χ2v) is 16.9. The summed E-state index contributed by atoms with van der Waals surface area (Å²) in [6.45, 7) is 0. The molecule has 0 amide bonds. The highest BCUT2D eigenvalue weighted by atomic mass is 16.3. The Balaban J connectivity index is 1.04. The minimum absolute atomic E-state index is 0.890. The van der Waals surface area contributed by atoms with Crippen molar-refractivity contribution >= 4 is 49.8 Å². The molecule has 0 aliphatic carbocycles. The van der Waals surface area contributed by atoms with Gasteiger partial charge in [0.05, 0.1) is 5.69 Å². The zero-order chi connectivity index (χ0) is 43.8. The van der Waals surface area contributed by atoms with Crippen LogP contribution >= 0.6 is 0 Å². The molecule has 0 radical (unpaired) electrons. The van der Waals surface area contributed by atoms with E-state index in [2.05, 4.69) is 260 Å². The van der Waals surface area contributed by atoms with Crippen LogP contribution in [0, 0.1) is 0 Å². The summed E-state index contributed by atoms with van der Waals surface area (Å²) >= 11 is 0. The maximum atomic E-state index is 6.59. The average molecular weight is 842 g/mol. The molecular weight excluding hydrogens is 799 g/mol. The zero-order valence-corrected chi connectivity index (χ0v) is 36.2. The molecule has 0 atom stereocenters. The Labute approximate surface area is 384 Å². The number of rotatable bonds is 9. The van der Waals surface area contributed by atoms with E-state index in [9.17, 15) is 0 Å². The van der Waals surface area contributed by atoms with Gasteiger partial charge in [-0.3, -0.25) is 0 Å². The fourth-order valence-corrected chi connectivity index (χ4v) is 9.59. The van der Waals surface area contributed by atoms with Crippen LogP contribution in [0.25, 0.3) is 99.5 Å². The van der Waals surface area contributed by atoms with Gasteiger partial charge >= 0.3 is 0 Å². The smallest absolute Gasteiger partial charge is 0.143 e. The first-order valence-corrected chi connectivity index (χ1v) is 22.6. The Morgan fingerprint density at radius 2 is 0.803 bits per heavy atom. The van der Waals surface area contributed by atoms with Crippen LogP contribution in [0.5, 0.6) is 0 Å². The summed E-state index contributed by atoms with van der Waals surface area (Å²) in [5.41, 5.74) is 18.8. The van der Waals surface area contributed by atoms with Gasteiger partial charge in [0.15, 0.2) is 0 Å². The normalized spacial score (nSPS) is 11.3. The van der Waals surface area contributed by atoms with Gasteiger partial charge in [0.1, 0.15) is 11.2 Å². The largest absolute Gasteiger partial charge is 0.455 e. The number of hydrogen-bond acceptors (Lipinski definition) is 2. The Kier molecular flexibility index (Phi) is 9.89. The molecule has 0 aliphatic heterocycles. The zero-order valence-electron chi connectivity index (χ0n) is 36.2. The summed E-state index contributed by atoms with van der Waals surface area (Å²) in [5, 5.41) is 4.68. The van der Waals surface area contributed by atoms with E-state index in [-0.39, 0.29) is 0 Å². The van der Waals surface area contributed by atoms with Crippen LogP contribution in [0.15, 0.2) is 265 Å². The lowest BCUT2D eigenvalue weighted by molar-refractivity contribution is 0.670. The van der Waals surface area contributed by atoms with Crippen molar-refractivity contribution in [2.75, 3.05) is 4.90 Å². The van der Waals surface area contributed by atoms with Gasteiger partial charge in [-0.15, -0.1) is 0 Å². The van der Waals surface area contributed by atoms with E-state index in [1.54, 1.807) is 0 Å². The number of nitrogens with zero attached hydrogens (tertiary/aromatic N) is 1. The van der Waals surface area contributed by atoms with Gasteiger partial charge in [-0.2, -0.15) is 0 Å². The summed E-state index contributed by atoms with van der Waals surface area (Å²) in [7, 11) is 0. The molecule has 1 heterocycles. The summed E-state index contributed by atoms with van der Waals surface area (Å²) in [4.78, 5) is 2.42. The molecule has 0 saturated heterocycles. The van der Waals surface area contributed by atoms with Crippen molar-refractivity contribution < 1.29 is 4.42 Å². The van der Waals surface area contributed by atoms with Gasteiger partial charge in [0.2, 0.25) is 0 Å². The average Bonchev–Trinajstić information content (AvgIpc) is 3.79. The maximum Gasteiger partial charge on any atom is 0.143 e. The van der Waals surface area contributed by atoms with E-state index < -0.39 is 0 Å². The molecule has 0 aliphatic rings. The van der Waals surface area contributed by atoms with Crippen LogP contribution < -0.4 is 4.90 Å². The van der Waals surface area contributed by atoms with Crippen molar-refractivity contribution in [3.8, 4) is 66.8 Å². The molecule has 66 heavy (non-hydrogen) atoms. The Hall–Kier alpha value is -8.72. The van der Waals surface area contributed by atoms with Gasteiger partial charge in [0.25, 0.3) is 0 Å². The minimum Gasteiger partial charge on any atom is -0.455 e. The second kappa shape index (κ2) is 16.8. The summed E-state index contributed by atoms with van der Waals surface area (Å²) in [6.07, 6.45) is 0. The Morgan fingerprint density at radius 1 is 0.258 bits per heavy atom.